The summed E-state index contributed by atoms with van der Waals surface area (Å²) in [4.78, 5) is 49.4. The van der Waals surface area contributed by atoms with Crippen LogP contribution in [0.2, 0.25) is 0 Å². The van der Waals surface area contributed by atoms with Crippen molar-refractivity contribution < 1.29 is 42.2 Å². The van der Waals surface area contributed by atoms with Gasteiger partial charge in [-0.3, -0.25) is 24.0 Å². The number of hydrogen-bond donors (Lipinski definition) is 1. The van der Waals surface area contributed by atoms with E-state index in [2.05, 4.69) is 26.3 Å². The molecule has 0 aromatic carbocycles. The second-order valence-electron chi connectivity index (χ2n) is 8.36. The maximum absolute atomic E-state index is 13.4. The van der Waals surface area contributed by atoms with Crippen molar-refractivity contribution in [2.24, 2.45) is 0 Å². The molecule has 1 aliphatic carbocycles. The number of carboxylic acid groups (broad SMARTS) is 1. The summed E-state index contributed by atoms with van der Waals surface area (Å²) in [7, 11) is 0. The van der Waals surface area contributed by atoms with Crippen LogP contribution in [0.15, 0.2) is 15.7 Å². The topological polar surface area (TPSA) is 134 Å². The molecule has 0 spiro atoms. The first-order valence-electron chi connectivity index (χ1n) is 10.5. The molecule has 3 aliphatic rings. The summed E-state index contributed by atoms with van der Waals surface area (Å²) >= 11 is 4.13. The molecular weight excluding hydrogens is 561 g/mol. The van der Waals surface area contributed by atoms with Gasteiger partial charge in [0.05, 0.1) is 21.8 Å². The highest BCUT2D eigenvalue weighted by atomic mass is 79.9. The predicted octanol–water partition coefficient (Wildman–Crippen LogP) is 1.07. The van der Waals surface area contributed by atoms with E-state index in [1.807, 2.05) is 0 Å². The molecule has 1 aromatic heterocycles. The van der Waals surface area contributed by atoms with E-state index >= 15 is 0 Å². The zero-order valence-electron chi connectivity index (χ0n) is 18.3. The third-order valence-corrected chi connectivity index (χ3v) is 7.98. The Morgan fingerprint density at radius 1 is 1.34 bits per heavy atom. The maximum Gasteiger partial charge on any atom is 0.436 e. The fraction of sp³-hybridized carbons (Fsp3) is 0.550. The Labute approximate surface area is 209 Å². The summed E-state index contributed by atoms with van der Waals surface area (Å²) < 4.78 is 45.8. The Morgan fingerprint density at radius 2 is 2.00 bits per heavy atom. The molecule has 0 bridgehead atoms. The van der Waals surface area contributed by atoms with Crippen LogP contribution >= 0.6 is 27.7 Å². The number of carboxylic acids is 1. The molecule has 1 saturated heterocycles. The Morgan fingerprint density at radius 3 is 2.54 bits per heavy atom. The van der Waals surface area contributed by atoms with Crippen LogP contribution in [0.5, 0.6) is 0 Å². The first-order valence-corrected chi connectivity index (χ1v) is 12.3. The minimum atomic E-state index is -4.72. The first kappa shape index (κ1) is 25.5. The van der Waals surface area contributed by atoms with E-state index in [1.54, 1.807) is 0 Å². The van der Waals surface area contributed by atoms with E-state index in [4.69, 9.17) is 4.74 Å². The SMILES string of the molecule is CC(=O)OCC1=C(C(=O)[O-])N2C(=O)C(NC(=O)C(C)n3nc(C(F)(F)F)c(Br)c3C3CC3)C2SC1. The smallest absolute Gasteiger partial charge is 0.436 e. The molecule has 2 fully saturated rings. The summed E-state index contributed by atoms with van der Waals surface area (Å²) in [5.74, 6) is -3.76. The van der Waals surface area contributed by atoms with Crippen LogP contribution < -0.4 is 10.4 Å². The molecule has 2 aliphatic heterocycles. The number of hydrogen-bond acceptors (Lipinski definition) is 8. The van der Waals surface area contributed by atoms with Gasteiger partial charge in [-0.25, -0.2) is 0 Å². The van der Waals surface area contributed by atoms with Gasteiger partial charge >= 0.3 is 12.1 Å². The third kappa shape index (κ3) is 4.67. The molecule has 3 heterocycles. The summed E-state index contributed by atoms with van der Waals surface area (Å²) in [5.41, 5.74) is -1.09. The highest BCUT2D eigenvalue weighted by Crippen LogP contribution is 2.48. The number of aliphatic carboxylic acids is 1. The van der Waals surface area contributed by atoms with Gasteiger partial charge in [-0.05, 0) is 35.7 Å². The molecule has 1 aromatic rings. The average molecular weight is 580 g/mol. The number of esters is 1. The van der Waals surface area contributed by atoms with Crippen molar-refractivity contribution >= 4 is 51.4 Å². The molecule has 1 N–H and O–H groups in total. The highest BCUT2D eigenvalue weighted by molar-refractivity contribution is 9.10. The van der Waals surface area contributed by atoms with Gasteiger partial charge in [0, 0.05) is 24.2 Å². The number of amides is 2. The van der Waals surface area contributed by atoms with E-state index in [0.29, 0.717) is 12.8 Å². The van der Waals surface area contributed by atoms with E-state index in [1.165, 1.54) is 6.92 Å². The quantitative estimate of drug-likeness (QED) is 0.374. The lowest BCUT2D eigenvalue weighted by molar-refractivity contribution is -0.301. The Hall–Kier alpha value is -2.55. The summed E-state index contributed by atoms with van der Waals surface area (Å²) in [6, 6.07) is -2.26. The van der Waals surface area contributed by atoms with E-state index in [0.717, 1.165) is 28.3 Å². The number of rotatable bonds is 7. The monoisotopic (exact) mass is 579 g/mol. The van der Waals surface area contributed by atoms with E-state index in [9.17, 15) is 37.5 Å². The Kier molecular flexibility index (Phi) is 6.68. The number of fused-ring (bicyclic) bond motifs is 1. The van der Waals surface area contributed by atoms with Crippen LogP contribution in [-0.2, 0) is 30.1 Å². The number of halogens is 4. The largest absolute Gasteiger partial charge is 0.543 e. The minimum absolute atomic E-state index is 0.111. The molecule has 0 radical (unpaired) electrons. The lowest BCUT2D eigenvalue weighted by atomic mass is 10.0. The normalized spacial score (nSPS) is 22.9. The van der Waals surface area contributed by atoms with Crippen LogP contribution in [0.1, 0.15) is 50.0 Å². The van der Waals surface area contributed by atoms with E-state index in [-0.39, 0.29) is 34.0 Å². The lowest BCUT2D eigenvalue weighted by Crippen LogP contribution is -2.71. The number of nitrogens with zero attached hydrogens (tertiary/aromatic N) is 3. The summed E-state index contributed by atoms with van der Waals surface area (Å²) in [6.45, 7) is 2.21. The van der Waals surface area contributed by atoms with Crippen LogP contribution in [0.25, 0.3) is 0 Å². The zero-order valence-corrected chi connectivity index (χ0v) is 20.8. The summed E-state index contributed by atoms with van der Waals surface area (Å²) in [5, 5.41) is 17.1. The van der Waals surface area contributed by atoms with Gasteiger partial charge in [-0.2, -0.15) is 18.3 Å². The van der Waals surface area contributed by atoms with Gasteiger partial charge in [-0.1, -0.05) is 0 Å². The van der Waals surface area contributed by atoms with Crippen molar-refractivity contribution in [1.82, 2.24) is 20.0 Å². The average Bonchev–Trinajstić information content (AvgIpc) is 3.54. The molecule has 10 nitrogen and oxygen atoms in total. The number of nitrogens with one attached hydrogen (secondary N) is 1. The fourth-order valence-electron chi connectivity index (χ4n) is 3.98. The van der Waals surface area contributed by atoms with Crippen molar-refractivity contribution in [2.75, 3.05) is 12.4 Å². The maximum atomic E-state index is 13.4. The van der Waals surface area contributed by atoms with Gasteiger partial charge in [0.1, 0.15) is 24.1 Å². The molecule has 2 amide bonds. The molecule has 190 valence electrons. The fourth-order valence-corrected chi connectivity index (χ4v) is 6.12. The molecule has 15 heteroatoms. The number of carbonyl (C=O) groups is 4. The van der Waals surface area contributed by atoms with Gasteiger partial charge in [0.15, 0.2) is 5.69 Å². The molecule has 3 atom stereocenters. The van der Waals surface area contributed by atoms with Crippen LogP contribution in [-0.4, -0.2) is 62.2 Å². The van der Waals surface area contributed by atoms with Crippen LogP contribution in [0, 0.1) is 0 Å². The Balaban J connectivity index is 1.52. The number of alkyl halides is 3. The zero-order chi connectivity index (χ0) is 25.8. The highest BCUT2D eigenvalue weighted by Gasteiger charge is 2.53. The predicted molar refractivity (Wildman–Crippen MR) is 115 cm³/mol. The van der Waals surface area contributed by atoms with Gasteiger partial charge in [-0.15, -0.1) is 11.8 Å². The number of carbonyl (C=O) groups excluding carboxylic acids is 4. The van der Waals surface area contributed by atoms with Crippen molar-refractivity contribution in [1.29, 1.82) is 0 Å². The summed E-state index contributed by atoms with van der Waals surface area (Å²) in [6.07, 6.45) is -3.39. The number of aromatic nitrogens is 2. The number of thioether (sulfide) groups is 1. The number of β-lactam (4-membered cyclic amide) rings is 1. The molecule has 3 unspecified atom stereocenters. The standard InChI is InChI=1S/C20H20BrF3N4O6S/c1-7(28-13(9-3-4-9)11(21)15(26-28)20(22,23)24)16(30)25-12-17(31)27-14(19(32)33)10(5-34-8(2)29)6-35-18(12)27/h7,9,12,18H,3-6H2,1-2H3,(H,25,30)(H,32,33)/p-1. The molecule has 1 saturated carbocycles. The van der Waals surface area contributed by atoms with Crippen LogP contribution in [0.3, 0.4) is 0 Å². The third-order valence-electron chi connectivity index (χ3n) is 5.85. The van der Waals surface area contributed by atoms with E-state index < -0.39 is 58.8 Å². The Bertz CT molecular complexity index is 1150. The lowest BCUT2D eigenvalue weighted by Gasteiger charge is -2.50. The van der Waals surface area contributed by atoms with Crippen molar-refractivity contribution in [3.63, 3.8) is 0 Å². The van der Waals surface area contributed by atoms with Gasteiger partial charge in [0.2, 0.25) is 5.91 Å². The van der Waals surface area contributed by atoms with Gasteiger partial charge in [0.25, 0.3) is 5.91 Å². The molecule has 35 heavy (non-hydrogen) atoms. The van der Waals surface area contributed by atoms with Gasteiger partial charge < -0.3 is 20.0 Å². The van der Waals surface area contributed by atoms with Crippen molar-refractivity contribution in [3.8, 4) is 0 Å². The second-order valence-corrected chi connectivity index (χ2v) is 10.3. The van der Waals surface area contributed by atoms with Crippen molar-refractivity contribution in [3.05, 3.63) is 27.1 Å². The minimum Gasteiger partial charge on any atom is -0.543 e. The molecule has 4 rings (SSSR count). The van der Waals surface area contributed by atoms with Crippen LogP contribution in [0.4, 0.5) is 13.2 Å². The second kappa shape index (κ2) is 9.15. The first-order chi connectivity index (χ1) is 16.3. The molecular formula is C20H19BrF3N4O6S-. The van der Waals surface area contributed by atoms with Crippen molar-refractivity contribution in [2.45, 2.75) is 56.2 Å². The number of ether oxygens (including phenoxy) is 1.